The lowest BCUT2D eigenvalue weighted by Crippen LogP contribution is -2.36. The van der Waals surface area contributed by atoms with E-state index in [4.69, 9.17) is 15.0 Å². The Bertz CT molecular complexity index is 368. The molecule has 0 bridgehead atoms. The van der Waals surface area contributed by atoms with E-state index < -0.39 is 0 Å². The van der Waals surface area contributed by atoms with Crippen LogP contribution in [-0.4, -0.2) is 54.8 Å². The van der Waals surface area contributed by atoms with Gasteiger partial charge in [-0.3, -0.25) is 9.69 Å². The lowest BCUT2D eigenvalue weighted by atomic mass is 10.4. The molecular weight excluding hydrogens is 238 g/mol. The smallest absolute Gasteiger partial charge is 0.240 e. The lowest BCUT2D eigenvalue weighted by molar-refractivity contribution is -0.122. The Balaban J connectivity index is 2.27. The molecule has 1 heterocycles. The third-order valence-electron chi connectivity index (χ3n) is 2.14. The van der Waals surface area contributed by atoms with Crippen molar-refractivity contribution in [2.45, 2.75) is 13.1 Å². The van der Waals surface area contributed by atoms with Crippen molar-refractivity contribution in [1.82, 2.24) is 20.4 Å². The summed E-state index contributed by atoms with van der Waals surface area (Å²) in [6, 6.07) is 0. The van der Waals surface area contributed by atoms with Crippen LogP contribution in [0.25, 0.3) is 0 Å². The maximum Gasteiger partial charge on any atom is 0.240 e. The lowest BCUT2D eigenvalue weighted by Gasteiger charge is -2.13. The van der Waals surface area contributed by atoms with Gasteiger partial charge >= 0.3 is 0 Å². The molecule has 0 aliphatic rings. The van der Waals surface area contributed by atoms with Crippen LogP contribution in [0.1, 0.15) is 11.7 Å². The number of hydrogen-bond acceptors (Lipinski definition) is 7. The Morgan fingerprint density at radius 3 is 3.00 bits per heavy atom. The highest BCUT2D eigenvalue weighted by atomic mass is 16.5. The third kappa shape index (κ3) is 5.21. The zero-order valence-corrected chi connectivity index (χ0v) is 10.7. The van der Waals surface area contributed by atoms with Crippen molar-refractivity contribution < 1.29 is 14.1 Å². The van der Waals surface area contributed by atoms with Crippen LogP contribution in [0.5, 0.6) is 0 Å². The summed E-state index contributed by atoms with van der Waals surface area (Å²) < 4.78 is 9.70. The highest BCUT2D eigenvalue weighted by Crippen LogP contribution is 1.99. The van der Waals surface area contributed by atoms with Gasteiger partial charge in [0.1, 0.15) is 0 Å². The molecule has 0 fully saturated rings. The van der Waals surface area contributed by atoms with Crippen LogP contribution >= 0.6 is 0 Å². The number of carbonyl (C=O) groups is 1. The molecule has 1 aromatic heterocycles. The molecule has 102 valence electrons. The average Bonchev–Trinajstić information content (AvgIpc) is 2.76. The molecule has 1 rings (SSSR count). The van der Waals surface area contributed by atoms with Crippen molar-refractivity contribution in [3.63, 3.8) is 0 Å². The second-order valence-electron chi connectivity index (χ2n) is 3.82. The van der Waals surface area contributed by atoms with Crippen LogP contribution in [0.3, 0.4) is 0 Å². The molecule has 8 heteroatoms. The van der Waals surface area contributed by atoms with Crippen LogP contribution in [0.2, 0.25) is 0 Å². The molecule has 0 atom stereocenters. The Kier molecular flexibility index (Phi) is 6.26. The van der Waals surface area contributed by atoms with Crippen molar-refractivity contribution in [1.29, 1.82) is 0 Å². The van der Waals surface area contributed by atoms with E-state index in [2.05, 4.69) is 15.5 Å². The first kappa shape index (κ1) is 14.6. The van der Waals surface area contributed by atoms with Gasteiger partial charge in [0.2, 0.25) is 11.8 Å². The topological polar surface area (TPSA) is 107 Å². The molecule has 0 unspecified atom stereocenters. The van der Waals surface area contributed by atoms with Crippen LogP contribution in [0.15, 0.2) is 4.52 Å². The van der Waals surface area contributed by atoms with Gasteiger partial charge in [-0.1, -0.05) is 5.16 Å². The van der Waals surface area contributed by atoms with E-state index in [1.807, 2.05) is 0 Å². The Morgan fingerprint density at radius 2 is 2.39 bits per heavy atom. The Morgan fingerprint density at radius 1 is 1.61 bits per heavy atom. The van der Waals surface area contributed by atoms with E-state index >= 15 is 0 Å². The fraction of sp³-hybridized carbons (Fsp3) is 0.700. The minimum atomic E-state index is -0.0721. The zero-order valence-electron chi connectivity index (χ0n) is 10.7. The normalized spacial score (nSPS) is 10.9. The molecule has 0 aliphatic carbocycles. The van der Waals surface area contributed by atoms with Gasteiger partial charge in [-0.2, -0.15) is 4.98 Å². The predicted octanol–water partition coefficient (Wildman–Crippen LogP) is -1.28. The van der Waals surface area contributed by atoms with E-state index in [0.717, 1.165) is 0 Å². The summed E-state index contributed by atoms with van der Waals surface area (Å²) in [5.41, 5.74) is 5.36. The molecule has 0 aliphatic heterocycles. The molecule has 18 heavy (non-hydrogen) atoms. The van der Waals surface area contributed by atoms with Gasteiger partial charge in [-0.25, -0.2) is 0 Å². The highest BCUT2D eigenvalue weighted by molar-refractivity contribution is 5.77. The molecule has 0 saturated carbocycles. The first-order valence-corrected chi connectivity index (χ1v) is 5.61. The van der Waals surface area contributed by atoms with Gasteiger partial charge in [-0.15, -0.1) is 0 Å². The van der Waals surface area contributed by atoms with Gasteiger partial charge in [0, 0.05) is 13.7 Å². The van der Waals surface area contributed by atoms with E-state index in [1.54, 1.807) is 19.1 Å². The fourth-order valence-electron chi connectivity index (χ4n) is 1.33. The molecule has 8 nitrogen and oxygen atoms in total. The second-order valence-corrected chi connectivity index (χ2v) is 3.82. The number of amides is 1. The Hall–Kier alpha value is -1.51. The average molecular weight is 257 g/mol. The number of nitrogens with one attached hydrogen (secondary N) is 1. The first-order valence-electron chi connectivity index (χ1n) is 5.61. The van der Waals surface area contributed by atoms with Gasteiger partial charge in [0.05, 0.1) is 26.2 Å². The summed E-state index contributed by atoms with van der Waals surface area (Å²) in [7, 11) is 3.39. The van der Waals surface area contributed by atoms with Crippen LogP contribution < -0.4 is 11.1 Å². The summed E-state index contributed by atoms with van der Waals surface area (Å²) in [5, 5.41) is 6.48. The number of aromatic nitrogens is 2. The first-order chi connectivity index (χ1) is 8.65. The molecule has 0 saturated heterocycles. The molecule has 0 aromatic carbocycles. The standard InChI is InChI=1S/C10H19N5O3/c1-15(7-9(16)12-3-4-17-2)6-8-13-10(5-11)18-14-8/h3-7,11H2,1-2H3,(H,12,16). The van der Waals surface area contributed by atoms with Gasteiger partial charge in [0.25, 0.3) is 0 Å². The fourth-order valence-corrected chi connectivity index (χ4v) is 1.33. The third-order valence-corrected chi connectivity index (χ3v) is 2.14. The molecule has 1 aromatic rings. The van der Waals surface area contributed by atoms with Gasteiger partial charge in [-0.05, 0) is 7.05 Å². The SMILES string of the molecule is COCCNC(=O)CN(C)Cc1noc(CN)n1. The molecular formula is C10H19N5O3. The summed E-state index contributed by atoms with van der Waals surface area (Å²) in [6.45, 7) is 1.91. The van der Waals surface area contributed by atoms with E-state index in [9.17, 15) is 4.79 Å². The molecule has 0 radical (unpaired) electrons. The van der Waals surface area contributed by atoms with Crippen molar-refractivity contribution in [2.24, 2.45) is 5.73 Å². The quantitative estimate of drug-likeness (QED) is 0.559. The summed E-state index contributed by atoms with van der Waals surface area (Å²) >= 11 is 0. The number of ether oxygens (including phenoxy) is 1. The maximum absolute atomic E-state index is 11.5. The summed E-state index contributed by atoms with van der Waals surface area (Å²) in [6.07, 6.45) is 0. The van der Waals surface area contributed by atoms with Gasteiger partial charge in [0.15, 0.2) is 5.82 Å². The van der Waals surface area contributed by atoms with E-state index in [0.29, 0.717) is 31.4 Å². The molecule has 3 N–H and O–H groups in total. The number of methoxy groups -OCH3 is 1. The number of hydrogen-bond donors (Lipinski definition) is 2. The number of nitrogens with zero attached hydrogens (tertiary/aromatic N) is 3. The minimum absolute atomic E-state index is 0.0721. The van der Waals surface area contributed by atoms with E-state index in [-0.39, 0.29) is 19.0 Å². The van der Waals surface area contributed by atoms with Crippen LogP contribution in [0.4, 0.5) is 0 Å². The number of rotatable bonds is 8. The number of likely N-dealkylation sites (N-methyl/N-ethyl adjacent to an activating group) is 1. The Labute approximate surface area is 105 Å². The zero-order chi connectivity index (χ0) is 13.4. The van der Waals surface area contributed by atoms with Crippen molar-refractivity contribution in [3.05, 3.63) is 11.7 Å². The molecule has 0 spiro atoms. The monoisotopic (exact) mass is 257 g/mol. The summed E-state index contributed by atoms with van der Waals surface area (Å²) in [5.74, 6) is 0.836. The predicted molar refractivity (Wildman–Crippen MR) is 63.4 cm³/mol. The van der Waals surface area contributed by atoms with Crippen molar-refractivity contribution in [3.8, 4) is 0 Å². The maximum atomic E-state index is 11.5. The largest absolute Gasteiger partial charge is 0.383 e. The van der Waals surface area contributed by atoms with Crippen molar-refractivity contribution >= 4 is 5.91 Å². The minimum Gasteiger partial charge on any atom is -0.383 e. The molecule has 1 amide bonds. The van der Waals surface area contributed by atoms with Gasteiger partial charge < -0.3 is 20.3 Å². The number of nitrogens with two attached hydrogens (primary N) is 1. The number of carbonyl (C=O) groups excluding carboxylic acids is 1. The highest BCUT2D eigenvalue weighted by Gasteiger charge is 2.10. The van der Waals surface area contributed by atoms with E-state index in [1.165, 1.54) is 0 Å². The van der Waals surface area contributed by atoms with Crippen LogP contribution in [0, 0.1) is 0 Å². The second kappa shape index (κ2) is 7.75. The summed E-state index contributed by atoms with van der Waals surface area (Å²) in [4.78, 5) is 17.3. The van der Waals surface area contributed by atoms with Crippen LogP contribution in [-0.2, 0) is 22.6 Å². The van der Waals surface area contributed by atoms with Crippen molar-refractivity contribution in [2.75, 3.05) is 33.9 Å².